The molecule has 0 aliphatic heterocycles. The van der Waals surface area contributed by atoms with Crippen LogP contribution in [0, 0.1) is 6.92 Å². The Morgan fingerprint density at radius 2 is 1.78 bits per heavy atom. The summed E-state index contributed by atoms with van der Waals surface area (Å²) in [7, 11) is 1.54. The number of nitrogens with zero attached hydrogens (tertiary/aromatic N) is 1. The van der Waals surface area contributed by atoms with Crippen molar-refractivity contribution in [1.82, 2.24) is 10.2 Å². The van der Waals surface area contributed by atoms with E-state index in [0.29, 0.717) is 22.6 Å². The molecule has 2 unspecified atom stereocenters. The smallest absolute Gasteiger partial charge is 0.408 e. The van der Waals surface area contributed by atoms with Crippen molar-refractivity contribution < 1.29 is 29.0 Å². The average Bonchev–Trinajstić information content (AvgIpc) is 2.79. The number of hydrogen-bond donors (Lipinski definition) is 3. The Balaban J connectivity index is 2.42. The van der Waals surface area contributed by atoms with Gasteiger partial charge in [0.15, 0.2) is 0 Å². The predicted octanol–water partition coefficient (Wildman–Crippen LogP) is 4.32. The van der Waals surface area contributed by atoms with Crippen molar-refractivity contribution >= 4 is 23.6 Å². The molecule has 0 spiro atoms. The van der Waals surface area contributed by atoms with Crippen LogP contribution >= 0.6 is 0 Å². The van der Waals surface area contributed by atoms with Gasteiger partial charge in [0.1, 0.15) is 29.2 Å². The van der Waals surface area contributed by atoms with Crippen LogP contribution in [0.4, 0.5) is 10.5 Å². The number of nitrogens with one attached hydrogen (secondary N) is 2. The fraction of sp³-hybridized carbons (Fsp3) is 0.370. The molecule has 3 amide bonds. The molecule has 0 fully saturated rings. The van der Waals surface area contributed by atoms with Crippen molar-refractivity contribution in [1.29, 1.82) is 0 Å². The van der Waals surface area contributed by atoms with Gasteiger partial charge >= 0.3 is 6.09 Å². The van der Waals surface area contributed by atoms with Crippen molar-refractivity contribution in [2.75, 3.05) is 19.0 Å². The van der Waals surface area contributed by atoms with E-state index in [-0.39, 0.29) is 12.3 Å². The van der Waals surface area contributed by atoms with E-state index in [1.165, 1.54) is 24.0 Å². The Hall–Kier alpha value is -4.01. The van der Waals surface area contributed by atoms with E-state index in [2.05, 4.69) is 17.2 Å². The van der Waals surface area contributed by atoms with E-state index in [1.807, 2.05) is 0 Å². The first kappa shape index (κ1) is 28.2. The molecule has 0 heterocycles. The van der Waals surface area contributed by atoms with Crippen LogP contribution in [0.3, 0.4) is 0 Å². The van der Waals surface area contributed by atoms with E-state index >= 15 is 0 Å². The highest BCUT2D eigenvalue weighted by atomic mass is 16.6. The highest BCUT2D eigenvalue weighted by molar-refractivity contribution is 5.99. The normalized spacial score (nSPS) is 12.6. The fourth-order valence-corrected chi connectivity index (χ4v) is 3.46. The number of ether oxygens (including phenoxy) is 2. The number of anilines is 1. The number of phenolic OH excluding ortho intramolecular Hbond substituents is 1. The van der Waals surface area contributed by atoms with Gasteiger partial charge in [-0.15, -0.1) is 6.58 Å². The SMILES string of the molecule is C=CCN(C(=O)C(C)NC(=O)OC(C)(C)C)C(C(=O)Nc1ccc(OC)cc1)c1ccc(O)c(C)c1. The zero-order chi connectivity index (χ0) is 27.0. The van der Waals surface area contributed by atoms with Gasteiger partial charge < -0.3 is 30.1 Å². The summed E-state index contributed by atoms with van der Waals surface area (Å²) in [5.41, 5.74) is 0.793. The van der Waals surface area contributed by atoms with E-state index < -0.39 is 35.6 Å². The zero-order valence-electron chi connectivity index (χ0n) is 21.6. The number of aromatic hydroxyl groups is 1. The number of methoxy groups -OCH3 is 1. The molecule has 194 valence electrons. The van der Waals surface area contributed by atoms with E-state index in [4.69, 9.17) is 9.47 Å². The average molecular weight is 498 g/mol. The molecule has 2 aromatic rings. The topological polar surface area (TPSA) is 117 Å². The van der Waals surface area contributed by atoms with Gasteiger partial charge in [0.05, 0.1) is 7.11 Å². The number of carbonyl (C=O) groups is 3. The molecule has 9 nitrogen and oxygen atoms in total. The lowest BCUT2D eigenvalue weighted by atomic mass is 10.00. The Morgan fingerprint density at radius 1 is 1.14 bits per heavy atom. The maximum absolute atomic E-state index is 13.6. The van der Waals surface area contributed by atoms with Gasteiger partial charge in [0.25, 0.3) is 5.91 Å². The minimum Gasteiger partial charge on any atom is -0.508 e. The molecule has 0 bridgehead atoms. The number of phenols is 1. The monoisotopic (exact) mass is 497 g/mol. The molecular weight excluding hydrogens is 462 g/mol. The first-order valence-corrected chi connectivity index (χ1v) is 11.5. The number of benzene rings is 2. The third-order valence-corrected chi connectivity index (χ3v) is 5.17. The molecule has 36 heavy (non-hydrogen) atoms. The van der Waals surface area contributed by atoms with Crippen molar-refractivity contribution in [3.8, 4) is 11.5 Å². The van der Waals surface area contributed by atoms with E-state index in [1.54, 1.807) is 71.2 Å². The second kappa shape index (κ2) is 12.1. The second-order valence-electron chi connectivity index (χ2n) is 9.31. The lowest BCUT2D eigenvalue weighted by Crippen LogP contribution is -2.51. The zero-order valence-corrected chi connectivity index (χ0v) is 21.6. The summed E-state index contributed by atoms with van der Waals surface area (Å²) in [6.07, 6.45) is 0.751. The standard InChI is InChI=1S/C27H35N3O6/c1-8-15-30(25(33)18(3)28-26(34)36-27(4,5)6)23(19-9-14-22(31)17(2)16-19)24(32)29-20-10-12-21(35-7)13-11-20/h8-14,16,18,23,31H,1,15H2,2-7H3,(H,28,34)(H,29,32). The molecule has 2 atom stereocenters. The van der Waals surface area contributed by atoms with Crippen LogP contribution < -0.4 is 15.4 Å². The predicted molar refractivity (Wildman–Crippen MR) is 138 cm³/mol. The fourth-order valence-electron chi connectivity index (χ4n) is 3.46. The number of rotatable bonds is 9. The summed E-state index contributed by atoms with van der Waals surface area (Å²) in [5.74, 6) is -0.301. The van der Waals surface area contributed by atoms with Gasteiger partial charge in [-0.3, -0.25) is 9.59 Å². The molecule has 9 heteroatoms. The minimum atomic E-state index is -1.08. The van der Waals surface area contributed by atoms with Gasteiger partial charge in [-0.25, -0.2) is 4.79 Å². The van der Waals surface area contributed by atoms with Gasteiger partial charge in [-0.1, -0.05) is 12.1 Å². The molecule has 0 radical (unpaired) electrons. The van der Waals surface area contributed by atoms with Crippen molar-refractivity contribution in [3.63, 3.8) is 0 Å². The van der Waals surface area contributed by atoms with Crippen molar-refractivity contribution in [2.24, 2.45) is 0 Å². The number of alkyl carbamates (subject to hydrolysis) is 1. The first-order chi connectivity index (χ1) is 16.9. The van der Waals surface area contributed by atoms with Gasteiger partial charge in [-0.2, -0.15) is 0 Å². The molecular formula is C27H35N3O6. The van der Waals surface area contributed by atoms with E-state index in [9.17, 15) is 19.5 Å². The number of hydrogen-bond acceptors (Lipinski definition) is 6. The number of aryl methyl sites for hydroxylation is 1. The lowest BCUT2D eigenvalue weighted by molar-refractivity contribution is -0.139. The van der Waals surface area contributed by atoms with Crippen LogP contribution in [0.2, 0.25) is 0 Å². The molecule has 3 N–H and O–H groups in total. The van der Waals surface area contributed by atoms with E-state index in [0.717, 1.165) is 0 Å². The van der Waals surface area contributed by atoms with Crippen LogP contribution in [0.15, 0.2) is 55.1 Å². The minimum absolute atomic E-state index is 0.0276. The highest BCUT2D eigenvalue weighted by Crippen LogP contribution is 2.28. The summed E-state index contributed by atoms with van der Waals surface area (Å²) in [6.45, 7) is 12.1. The molecule has 2 rings (SSSR count). The Morgan fingerprint density at radius 3 is 2.31 bits per heavy atom. The molecule has 0 aromatic heterocycles. The Kier molecular flexibility index (Phi) is 9.49. The summed E-state index contributed by atoms with van der Waals surface area (Å²) in [6, 6.07) is 9.39. The number of carbonyl (C=O) groups excluding carboxylic acids is 3. The van der Waals surface area contributed by atoms with Crippen LogP contribution in [0.5, 0.6) is 11.5 Å². The van der Waals surface area contributed by atoms with Crippen LogP contribution in [-0.4, -0.2) is 53.2 Å². The second-order valence-corrected chi connectivity index (χ2v) is 9.31. The molecule has 0 saturated heterocycles. The third-order valence-electron chi connectivity index (χ3n) is 5.17. The summed E-state index contributed by atoms with van der Waals surface area (Å²) in [5, 5.41) is 15.4. The molecule has 2 aromatic carbocycles. The summed E-state index contributed by atoms with van der Waals surface area (Å²) >= 11 is 0. The van der Waals surface area contributed by atoms with Gasteiger partial charge in [0.2, 0.25) is 5.91 Å². The van der Waals surface area contributed by atoms with Crippen LogP contribution in [0.1, 0.15) is 44.9 Å². The van der Waals surface area contributed by atoms with Crippen LogP contribution in [-0.2, 0) is 14.3 Å². The Labute approximate surface area is 212 Å². The summed E-state index contributed by atoms with van der Waals surface area (Å²) < 4.78 is 10.4. The largest absolute Gasteiger partial charge is 0.508 e. The van der Waals surface area contributed by atoms with Gasteiger partial charge in [-0.05, 0) is 82.1 Å². The first-order valence-electron chi connectivity index (χ1n) is 11.5. The maximum atomic E-state index is 13.6. The van der Waals surface area contributed by atoms with Gasteiger partial charge in [0, 0.05) is 12.2 Å². The van der Waals surface area contributed by atoms with Crippen LogP contribution in [0.25, 0.3) is 0 Å². The Bertz CT molecular complexity index is 1090. The lowest BCUT2D eigenvalue weighted by Gasteiger charge is -2.33. The van der Waals surface area contributed by atoms with Crippen molar-refractivity contribution in [3.05, 3.63) is 66.2 Å². The van der Waals surface area contributed by atoms with Crippen molar-refractivity contribution in [2.45, 2.75) is 52.3 Å². The third kappa shape index (κ3) is 7.76. The highest BCUT2D eigenvalue weighted by Gasteiger charge is 2.34. The number of amides is 3. The molecule has 0 saturated carbocycles. The quantitative estimate of drug-likeness (QED) is 0.444. The summed E-state index contributed by atoms with van der Waals surface area (Å²) in [4.78, 5) is 40.7. The maximum Gasteiger partial charge on any atom is 0.408 e. The molecule has 0 aliphatic rings. The molecule has 0 aliphatic carbocycles.